The fraction of sp³-hybridized carbons (Fsp3) is 0. The second-order valence-electron chi connectivity index (χ2n) is 2.29. The quantitative estimate of drug-likeness (QED) is 0.434. The molecule has 0 aliphatic rings. The third-order valence-corrected chi connectivity index (χ3v) is 1.53. The van der Waals surface area contributed by atoms with Crippen molar-refractivity contribution in [2.45, 2.75) is 0 Å². The molecule has 0 atom stereocenters. The fourth-order valence-electron chi connectivity index (χ4n) is 1.01. The van der Waals surface area contributed by atoms with Crippen LogP contribution in [0.15, 0.2) is 45.6 Å². The molecule has 1 heterocycles. The van der Waals surface area contributed by atoms with Crippen molar-refractivity contribution in [2.24, 2.45) is 0 Å². The van der Waals surface area contributed by atoms with E-state index in [9.17, 15) is 4.79 Å². The van der Waals surface area contributed by atoms with Gasteiger partial charge in [-0.1, -0.05) is 18.2 Å². The number of benzene rings is 1. The van der Waals surface area contributed by atoms with E-state index >= 15 is 0 Å². The summed E-state index contributed by atoms with van der Waals surface area (Å²) in [7, 11) is 0. The van der Waals surface area contributed by atoms with E-state index in [1.165, 1.54) is 6.07 Å². The summed E-state index contributed by atoms with van der Waals surface area (Å²) < 4.78 is 4.91. The number of hydrogen-bond donors (Lipinski definition) is 0. The van der Waals surface area contributed by atoms with Crippen LogP contribution in [-0.4, -0.2) is 38.3 Å². The average molecular weight is 272 g/mol. The predicted octanol–water partition coefficient (Wildman–Crippen LogP) is -3.98. The zero-order chi connectivity index (χ0) is 7.68. The molecule has 0 unspecified atom stereocenters. The highest BCUT2D eigenvalue weighted by atomic mass is 16.4. The van der Waals surface area contributed by atoms with E-state index < -0.39 is 0 Å². The van der Waals surface area contributed by atoms with Gasteiger partial charge >= 0.3 is 5.63 Å². The molecule has 18 heavy (non-hydrogen) atoms. The molecule has 14 N–H and O–H groups in total. The normalized spacial score (nSPS) is 6.22. The van der Waals surface area contributed by atoms with E-state index in [1.807, 2.05) is 18.2 Å². The maximum atomic E-state index is 10.7. The molecular formula is C9H20O9. The van der Waals surface area contributed by atoms with Crippen molar-refractivity contribution >= 4 is 11.0 Å². The Labute approximate surface area is 101 Å². The summed E-state index contributed by atoms with van der Waals surface area (Å²) in [5, 5.41) is 0.951. The highest BCUT2D eigenvalue weighted by Crippen LogP contribution is 2.08. The summed E-state index contributed by atoms with van der Waals surface area (Å²) in [6.07, 6.45) is 0. The smallest absolute Gasteiger partial charge is 0.336 e. The molecule has 0 bridgehead atoms. The van der Waals surface area contributed by atoms with Crippen molar-refractivity contribution in [3.05, 3.63) is 46.8 Å². The minimum absolute atomic E-state index is 0. The Hall–Kier alpha value is -1.85. The average Bonchev–Trinajstić information content (AvgIpc) is 2.04. The number of hydrogen-bond acceptors (Lipinski definition) is 2. The first kappa shape index (κ1) is 36.0. The maximum Gasteiger partial charge on any atom is 0.336 e. The van der Waals surface area contributed by atoms with Gasteiger partial charge in [-0.05, 0) is 12.1 Å². The van der Waals surface area contributed by atoms with Crippen LogP contribution in [0.5, 0.6) is 0 Å². The molecule has 1 aromatic carbocycles. The largest absolute Gasteiger partial charge is 0.423 e. The molecule has 0 amide bonds. The molecule has 0 aliphatic carbocycles. The van der Waals surface area contributed by atoms with E-state index in [0.717, 1.165) is 5.39 Å². The Balaban J connectivity index is -0.0000000514. The second-order valence-corrected chi connectivity index (χ2v) is 2.29. The summed E-state index contributed by atoms with van der Waals surface area (Å²) in [5.41, 5.74) is 0.337. The second kappa shape index (κ2) is 15.2. The highest BCUT2D eigenvalue weighted by Gasteiger charge is 1.92. The molecule has 9 nitrogen and oxygen atoms in total. The van der Waals surface area contributed by atoms with Gasteiger partial charge in [0.05, 0.1) is 0 Å². The van der Waals surface area contributed by atoms with Crippen molar-refractivity contribution in [3.63, 3.8) is 0 Å². The van der Waals surface area contributed by atoms with Crippen LogP contribution in [0.2, 0.25) is 0 Å². The van der Waals surface area contributed by atoms with Crippen molar-refractivity contribution in [2.75, 3.05) is 0 Å². The molecule has 9 heteroatoms. The van der Waals surface area contributed by atoms with Crippen LogP contribution in [0.4, 0.5) is 0 Å². The van der Waals surface area contributed by atoms with Gasteiger partial charge in [0, 0.05) is 11.5 Å². The van der Waals surface area contributed by atoms with Gasteiger partial charge in [0.15, 0.2) is 0 Å². The monoisotopic (exact) mass is 272 g/mol. The first-order valence-electron chi connectivity index (χ1n) is 3.35. The van der Waals surface area contributed by atoms with Crippen molar-refractivity contribution in [1.82, 2.24) is 0 Å². The predicted molar refractivity (Wildman–Crippen MR) is 67.8 cm³/mol. The molecule has 0 saturated heterocycles. The topological polar surface area (TPSA) is 251 Å². The van der Waals surface area contributed by atoms with Crippen LogP contribution in [0.25, 0.3) is 11.0 Å². The summed E-state index contributed by atoms with van der Waals surface area (Å²) >= 11 is 0. The van der Waals surface area contributed by atoms with Crippen LogP contribution in [-0.2, 0) is 0 Å². The first-order valence-corrected chi connectivity index (χ1v) is 3.35. The summed E-state index contributed by atoms with van der Waals surface area (Å²) in [4.78, 5) is 10.7. The standard InChI is InChI=1S/C9H6O2.7H2O/c10-9-6-5-7-3-1-2-4-8(7)11-9;;;;;;;/h1-6H;7*1H2. The number of para-hydroxylation sites is 1. The maximum absolute atomic E-state index is 10.7. The zero-order valence-corrected chi connectivity index (χ0v) is 9.28. The lowest BCUT2D eigenvalue weighted by atomic mass is 10.2. The van der Waals surface area contributed by atoms with Gasteiger partial charge in [0.1, 0.15) is 5.58 Å². The summed E-state index contributed by atoms with van der Waals surface area (Å²) in [6.45, 7) is 0. The molecular weight excluding hydrogens is 252 g/mol. The first-order chi connectivity index (χ1) is 5.36. The molecule has 0 fully saturated rings. The van der Waals surface area contributed by atoms with Gasteiger partial charge in [-0.3, -0.25) is 0 Å². The van der Waals surface area contributed by atoms with Crippen LogP contribution in [0.3, 0.4) is 0 Å². The molecule has 0 radical (unpaired) electrons. The number of rotatable bonds is 0. The molecule has 2 aromatic rings. The van der Waals surface area contributed by atoms with E-state index in [2.05, 4.69) is 0 Å². The minimum atomic E-state index is -0.302. The Bertz CT molecular complexity index is 439. The third kappa shape index (κ3) is 7.43. The van der Waals surface area contributed by atoms with E-state index in [4.69, 9.17) is 4.42 Å². The van der Waals surface area contributed by atoms with Gasteiger partial charge in [-0.2, -0.15) is 0 Å². The van der Waals surface area contributed by atoms with Crippen LogP contribution >= 0.6 is 0 Å². The van der Waals surface area contributed by atoms with Gasteiger partial charge in [-0.25, -0.2) is 4.79 Å². The summed E-state index contributed by atoms with van der Waals surface area (Å²) in [5.74, 6) is 0. The number of fused-ring (bicyclic) bond motifs is 1. The molecule has 110 valence electrons. The van der Waals surface area contributed by atoms with Crippen LogP contribution in [0, 0.1) is 0 Å². The van der Waals surface area contributed by atoms with E-state index in [0.29, 0.717) is 5.58 Å². The molecule has 0 spiro atoms. The Kier molecular flexibility index (Phi) is 30.3. The lowest BCUT2D eigenvalue weighted by Crippen LogP contribution is -1.93. The van der Waals surface area contributed by atoms with E-state index in [1.54, 1.807) is 12.1 Å². The zero-order valence-electron chi connectivity index (χ0n) is 9.28. The lowest BCUT2D eigenvalue weighted by Gasteiger charge is -1.91. The minimum Gasteiger partial charge on any atom is -0.423 e. The van der Waals surface area contributed by atoms with Crippen LogP contribution < -0.4 is 5.63 Å². The Morgan fingerprint density at radius 3 is 1.72 bits per heavy atom. The molecule has 0 saturated carbocycles. The Morgan fingerprint density at radius 2 is 1.17 bits per heavy atom. The molecule has 1 aromatic heterocycles. The van der Waals surface area contributed by atoms with Gasteiger partial charge in [-0.15, -0.1) is 0 Å². The van der Waals surface area contributed by atoms with Gasteiger partial charge in [0.25, 0.3) is 0 Å². The highest BCUT2D eigenvalue weighted by molar-refractivity contribution is 5.75. The SMILES string of the molecule is O.O.O.O.O.O.O.O=c1ccc2ccccc2o1. The Morgan fingerprint density at radius 1 is 0.667 bits per heavy atom. The van der Waals surface area contributed by atoms with Gasteiger partial charge in [0.2, 0.25) is 0 Å². The fourth-order valence-corrected chi connectivity index (χ4v) is 1.01. The van der Waals surface area contributed by atoms with E-state index in [-0.39, 0.29) is 44.0 Å². The third-order valence-electron chi connectivity index (χ3n) is 1.53. The van der Waals surface area contributed by atoms with Gasteiger partial charge < -0.3 is 42.8 Å². The molecule has 0 aliphatic heterocycles. The van der Waals surface area contributed by atoms with Crippen LogP contribution in [0.1, 0.15) is 0 Å². The van der Waals surface area contributed by atoms with Crippen molar-refractivity contribution in [1.29, 1.82) is 0 Å². The van der Waals surface area contributed by atoms with Crippen molar-refractivity contribution in [3.8, 4) is 0 Å². The molecule has 2 rings (SSSR count). The summed E-state index contributed by atoms with van der Waals surface area (Å²) in [6, 6.07) is 10.6. The van der Waals surface area contributed by atoms with Crippen molar-refractivity contribution < 1.29 is 42.8 Å². The lowest BCUT2D eigenvalue weighted by molar-refractivity contribution is 0.561.